The zero-order valence-corrected chi connectivity index (χ0v) is 15.7. The average Bonchev–Trinajstić information content (AvgIpc) is 3.15. The number of hydrogen-bond acceptors (Lipinski definition) is 3. The summed E-state index contributed by atoms with van der Waals surface area (Å²) in [5.41, 5.74) is 2.23. The predicted octanol–water partition coefficient (Wildman–Crippen LogP) is 6.94. The van der Waals surface area contributed by atoms with Crippen molar-refractivity contribution < 1.29 is 6.85 Å². The van der Waals surface area contributed by atoms with Crippen LogP contribution in [0.2, 0.25) is 0 Å². The van der Waals surface area contributed by atoms with Crippen LogP contribution < -0.4 is 0 Å². The minimum atomic E-state index is -0.436. The fraction of sp³-hybridized carbons (Fsp3) is 0. The van der Waals surface area contributed by atoms with Gasteiger partial charge in [0.15, 0.2) is 5.82 Å². The van der Waals surface area contributed by atoms with Crippen molar-refractivity contribution in [2.24, 2.45) is 0 Å². The Hall–Kier alpha value is -2.56. The van der Waals surface area contributed by atoms with Crippen LogP contribution in [0.4, 0.5) is 0 Å². The van der Waals surface area contributed by atoms with Gasteiger partial charge in [-0.25, -0.2) is 9.97 Å². The van der Waals surface area contributed by atoms with E-state index in [2.05, 4.69) is 15.9 Å². The first kappa shape index (κ1) is 11.2. The van der Waals surface area contributed by atoms with Gasteiger partial charge in [0.2, 0.25) is 0 Å². The van der Waals surface area contributed by atoms with Gasteiger partial charge in [0.25, 0.3) is 0 Å². The molecule has 0 aliphatic carbocycles. The van der Waals surface area contributed by atoms with Gasteiger partial charge in [-0.1, -0.05) is 76.5 Å². The van der Waals surface area contributed by atoms with Crippen molar-refractivity contribution in [1.29, 1.82) is 0 Å². The minimum Gasteiger partial charge on any atom is -0.226 e. The Morgan fingerprint density at radius 2 is 1.62 bits per heavy atom. The Bertz CT molecular complexity index is 1470. The molecule has 2 heterocycles. The van der Waals surface area contributed by atoms with Gasteiger partial charge >= 0.3 is 0 Å². The lowest BCUT2D eigenvalue weighted by molar-refractivity contribution is 1.24. The van der Waals surface area contributed by atoms with Crippen LogP contribution in [0.25, 0.3) is 42.9 Å². The maximum absolute atomic E-state index is 8.35. The standard InChI is InChI=1S/C22H13BrN2S/c23-16-12-10-14(11-13-16)19-21-20(17-8-4-5-9-18(17)26-21)25-22(24-19)15-6-2-1-3-7-15/h1-13H/i1D,2D,3D,6D,7D. The van der Waals surface area contributed by atoms with Gasteiger partial charge in [-0.3, -0.25) is 0 Å². The Balaban J connectivity index is 1.92. The van der Waals surface area contributed by atoms with E-state index in [1.807, 2.05) is 48.5 Å². The average molecular weight is 422 g/mol. The van der Waals surface area contributed by atoms with Crippen molar-refractivity contribution in [1.82, 2.24) is 9.97 Å². The molecule has 0 bridgehead atoms. The van der Waals surface area contributed by atoms with Gasteiger partial charge in [0, 0.05) is 25.7 Å². The van der Waals surface area contributed by atoms with Crippen LogP contribution in [0.5, 0.6) is 0 Å². The molecule has 3 aromatic carbocycles. The number of halogens is 1. The van der Waals surface area contributed by atoms with Crippen LogP contribution in [0.3, 0.4) is 0 Å². The molecule has 0 unspecified atom stereocenters. The highest BCUT2D eigenvalue weighted by Crippen LogP contribution is 2.39. The first-order chi connectivity index (χ1) is 14.9. The summed E-state index contributed by atoms with van der Waals surface area (Å²) in [6.07, 6.45) is 0. The molecule has 5 rings (SSSR count). The van der Waals surface area contributed by atoms with Crippen molar-refractivity contribution in [3.8, 4) is 22.6 Å². The number of thiophene rings is 1. The van der Waals surface area contributed by atoms with E-state index < -0.39 is 18.1 Å². The molecule has 124 valence electrons. The molecule has 0 N–H and O–H groups in total. The molecule has 0 spiro atoms. The summed E-state index contributed by atoms with van der Waals surface area (Å²) in [5.74, 6) is 0.117. The fourth-order valence-electron chi connectivity index (χ4n) is 2.87. The zero-order valence-electron chi connectivity index (χ0n) is 18.3. The van der Waals surface area contributed by atoms with Gasteiger partial charge in [-0.15, -0.1) is 11.3 Å². The van der Waals surface area contributed by atoms with E-state index in [0.29, 0.717) is 11.2 Å². The third kappa shape index (κ3) is 2.62. The summed E-state index contributed by atoms with van der Waals surface area (Å²) >= 11 is 5.02. The number of benzene rings is 3. The second-order valence-electron chi connectivity index (χ2n) is 5.68. The van der Waals surface area contributed by atoms with Crippen LogP contribution in [0, 0.1) is 0 Å². The van der Waals surface area contributed by atoms with Crippen LogP contribution in [0.15, 0.2) is 83.2 Å². The Morgan fingerprint density at radius 1 is 0.846 bits per heavy atom. The predicted molar refractivity (Wildman–Crippen MR) is 113 cm³/mol. The molecule has 0 amide bonds. The first-order valence-electron chi connectivity index (χ1n) is 10.4. The van der Waals surface area contributed by atoms with E-state index in [9.17, 15) is 0 Å². The van der Waals surface area contributed by atoms with Gasteiger partial charge in [0.1, 0.15) is 0 Å². The molecular formula is C22H13BrN2S. The van der Waals surface area contributed by atoms with Gasteiger partial charge in [0.05, 0.1) is 22.8 Å². The third-order valence-electron chi connectivity index (χ3n) is 4.06. The van der Waals surface area contributed by atoms with Crippen LogP contribution in [-0.4, -0.2) is 9.97 Å². The summed E-state index contributed by atoms with van der Waals surface area (Å²) in [6.45, 7) is 0. The highest BCUT2D eigenvalue weighted by Gasteiger charge is 2.16. The van der Waals surface area contributed by atoms with Crippen molar-refractivity contribution >= 4 is 47.6 Å². The lowest BCUT2D eigenvalue weighted by Gasteiger charge is -2.07. The maximum atomic E-state index is 8.35. The van der Waals surface area contributed by atoms with Crippen molar-refractivity contribution in [2.75, 3.05) is 0 Å². The van der Waals surface area contributed by atoms with Crippen molar-refractivity contribution in [2.45, 2.75) is 0 Å². The van der Waals surface area contributed by atoms with Crippen LogP contribution in [-0.2, 0) is 0 Å². The van der Waals surface area contributed by atoms with Crippen LogP contribution in [0.1, 0.15) is 6.85 Å². The highest BCUT2D eigenvalue weighted by molar-refractivity contribution is 9.10. The Labute approximate surface area is 170 Å². The molecule has 2 nitrogen and oxygen atoms in total. The molecular weight excluding hydrogens is 404 g/mol. The van der Waals surface area contributed by atoms with Crippen molar-refractivity contribution in [3.63, 3.8) is 0 Å². The molecule has 2 aromatic heterocycles. The van der Waals surface area contributed by atoms with E-state index in [-0.39, 0.29) is 23.5 Å². The van der Waals surface area contributed by atoms with Gasteiger partial charge < -0.3 is 0 Å². The summed E-state index contributed by atoms with van der Waals surface area (Å²) in [6, 6.07) is 13.7. The van der Waals surface area contributed by atoms with E-state index in [4.69, 9.17) is 16.8 Å². The molecule has 0 saturated heterocycles. The monoisotopic (exact) mass is 421 g/mol. The van der Waals surface area contributed by atoms with E-state index >= 15 is 0 Å². The molecule has 0 radical (unpaired) electrons. The molecule has 0 fully saturated rings. The number of fused-ring (bicyclic) bond motifs is 3. The molecule has 0 atom stereocenters. The molecule has 4 heteroatoms. The van der Waals surface area contributed by atoms with E-state index in [1.165, 1.54) is 0 Å². The SMILES string of the molecule is [2H]c1c([2H])c([2H])c(-c2nc(-c3ccc(Br)cc3)c3sc4ccccc4c3n2)c([2H])c1[2H]. The minimum absolute atomic E-state index is 0.00143. The Kier molecular flexibility index (Phi) is 2.72. The number of aromatic nitrogens is 2. The summed E-state index contributed by atoms with van der Waals surface area (Å²) in [7, 11) is 0. The fourth-order valence-corrected chi connectivity index (χ4v) is 4.29. The Morgan fingerprint density at radius 3 is 2.42 bits per heavy atom. The number of hydrogen-bond donors (Lipinski definition) is 0. The van der Waals surface area contributed by atoms with Gasteiger partial charge in [-0.2, -0.15) is 0 Å². The molecule has 26 heavy (non-hydrogen) atoms. The number of rotatable bonds is 2. The van der Waals surface area contributed by atoms with E-state index in [1.54, 1.807) is 11.3 Å². The first-order valence-corrected chi connectivity index (χ1v) is 9.50. The van der Waals surface area contributed by atoms with E-state index in [0.717, 1.165) is 24.8 Å². The smallest absolute Gasteiger partial charge is 0.160 e. The molecule has 0 saturated carbocycles. The lowest BCUT2D eigenvalue weighted by Crippen LogP contribution is -1.93. The maximum Gasteiger partial charge on any atom is 0.160 e. The topological polar surface area (TPSA) is 25.8 Å². The molecule has 0 aliphatic rings. The van der Waals surface area contributed by atoms with Crippen LogP contribution >= 0.6 is 27.3 Å². The summed E-state index contributed by atoms with van der Waals surface area (Å²) in [5, 5.41) is 0.942. The second kappa shape index (κ2) is 6.31. The summed E-state index contributed by atoms with van der Waals surface area (Å²) < 4.78 is 43.5. The number of nitrogens with zero attached hydrogens (tertiary/aromatic N) is 2. The lowest BCUT2D eigenvalue weighted by atomic mass is 10.1. The second-order valence-corrected chi connectivity index (χ2v) is 7.65. The molecule has 0 aliphatic heterocycles. The molecule has 5 aromatic rings. The zero-order chi connectivity index (χ0) is 21.9. The largest absolute Gasteiger partial charge is 0.226 e. The third-order valence-corrected chi connectivity index (χ3v) is 5.76. The van der Waals surface area contributed by atoms with Gasteiger partial charge in [-0.05, 0) is 18.2 Å². The summed E-state index contributed by atoms with van der Waals surface area (Å²) in [4.78, 5) is 9.41. The quantitative estimate of drug-likeness (QED) is 0.308. The van der Waals surface area contributed by atoms with Crippen molar-refractivity contribution in [3.05, 3.63) is 83.2 Å². The normalized spacial score (nSPS) is 14.0. The highest BCUT2D eigenvalue weighted by atomic mass is 79.9.